The first-order chi connectivity index (χ1) is 14.3. The number of nitrogens with two attached hydrogens (primary N) is 1. The van der Waals surface area contributed by atoms with Crippen LogP contribution in [0.2, 0.25) is 0 Å². The number of nitrogens with one attached hydrogen (secondary N) is 1. The molecular formula is C20H20N4O5S. The number of amidine groups is 1. The summed E-state index contributed by atoms with van der Waals surface area (Å²) in [6.07, 6.45) is 1.34. The zero-order valence-corrected chi connectivity index (χ0v) is 16.8. The molecule has 156 valence electrons. The number of amides is 2. The number of fused-ring (bicyclic) bond motifs is 1. The molecular weight excluding hydrogens is 408 g/mol. The second-order valence-electron chi connectivity index (χ2n) is 7.01. The van der Waals surface area contributed by atoms with Crippen LogP contribution in [-0.4, -0.2) is 50.2 Å². The van der Waals surface area contributed by atoms with Crippen molar-refractivity contribution in [1.82, 2.24) is 4.90 Å². The number of nitrogens with zero attached hydrogens (tertiary/aromatic N) is 2. The average molecular weight is 428 g/mol. The van der Waals surface area contributed by atoms with Crippen molar-refractivity contribution in [3.05, 3.63) is 54.1 Å². The fourth-order valence-corrected chi connectivity index (χ4v) is 4.82. The molecule has 1 atom stereocenters. The number of benzene rings is 2. The minimum absolute atomic E-state index is 0.164. The van der Waals surface area contributed by atoms with Crippen LogP contribution in [0, 0.1) is 0 Å². The van der Waals surface area contributed by atoms with Crippen molar-refractivity contribution in [2.24, 2.45) is 10.1 Å². The molecule has 1 saturated heterocycles. The zero-order valence-electron chi connectivity index (χ0n) is 15.9. The normalized spacial score (nSPS) is 19.1. The Morgan fingerprint density at radius 2 is 1.90 bits per heavy atom. The molecule has 2 heterocycles. The van der Waals surface area contributed by atoms with Crippen LogP contribution in [0.4, 0.5) is 5.69 Å². The van der Waals surface area contributed by atoms with Crippen LogP contribution in [-0.2, 0) is 19.6 Å². The topological polar surface area (TPSA) is 131 Å². The highest BCUT2D eigenvalue weighted by Gasteiger charge is 2.39. The van der Waals surface area contributed by atoms with Gasteiger partial charge in [-0.2, -0.15) is 8.42 Å². The molecule has 2 aliphatic heterocycles. The predicted octanol–water partition coefficient (Wildman–Crippen LogP) is 1.10. The Labute approximate surface area is 173 Å². The van der Waals surface area contributed by atoms with Gasteiger partial charge in [0.15, 0.2) is 12.4 Å². The molecule has 0 aromatic heterocycles. The lowest BCUT2D eigenvalue weighted by Gasteiger charge is -2.25. The molecule has 0 radical (unpaired) electrons. The van der Waals surface area contributed by atoms with Gasteiger partial charge in [-0.1, -0.05) is 12.1 Å². The van der Waals surface area contributed by atoms with E-state index >= 15 is 0 Å². The zero-order chi connectivity index (χ0) is 21.3. The van der Waals surface area contributed by atoms with Crippen LogP contribution in [0.1, 0.15) is 18.4 Å². The molecule has 0 unspecified atom stereocenters. The SMILES string of the molecule is NC(=O)COc1ccc(NC(=O)[C@@H]2CCCN2C2=NS(=O)(=O)c3ccccc32)cc1. The molecule has 4 rings (SSSR count). The van der Waals surface area contributed by atoms with Crippen LogP contribution in [0.25, 0.3) is 0 Å². The van der Waals surface area contributed by atoms with E-state index in [9.17, 15) is 18.0 Å². The van der Waals surface area contributed by atoms with Crippen LogP contribution in [0.5, 0.6) is 5.75 Å². The van der Waals surface area contributed by atoms with Gasteiger partial charge in [-0.15, -0.1) is 4.40 Å². The van der Waals surface area contributed by atoms with Crippen LogP contribution in [0.3, 0.4) is 0 Å². The number of hydrogen-bond donors (Lipinski definition) is 2. The van der Waals surface area contributed by atoms with Crippen LogP contribution in [0.15, 0.2) is 57.8 Å². The van der Waals surface area contributed by atoms with Gasteiger partial charge in [-0.05, 0) is 49.2 Å². The summed E-state index contributed by atoms with van der Waals surface area (Å²) in [5, 5.41) is 2.84. The predicted molar refractivity (Wildman–Crippen MR) is 110 cm³/mol. The molecule has 1 fully saturated rings. The number of anilines is 1. The third-order valence-corrected chi connectivity index (χ3v) is 6.27. The first kappa shape index (κ1) is 19.9. The second-order valence-corrected chi connectivity index (χ2v) is 8.58. The summed E-state index contributed by atoms with van der Waals surface area (Å²) in [5.41, 5.74) is 6.12. The highest BCUT2D eigenvalue weighted by molar-refractivity contribution is 7.90. The van der Waals surface area contributed by atoms with Crippen molar-refractivity contribution >= 4 is 33.4 Å². The van der Waals surface area contributed by atoms with Gasteiger partial charge in [0.1, 0.15) is 16.7 Å². The van der Waals surface area contributed by atoms with E-state index in [1.807, 2.05) is 0 Å². The van der Waals surface area contributed by atoms with Crippen molar-refractivity contribution in [3.8, 4) is 5.75 Å². The molecule has 2 amide bonds. The van der Waals surface area contributed by atoms with Gasteiger partial charge in [0.05, 0.1) is 0 Å². The fourth-order valence-electron chi connectivity index (χ4n) is 3.60. The average Bonchev–Trinajstić information content (AvgIpc) is 3.30. The number of sulfonamides is 1. The minimum atomic E-state index is -3.75. The molecule has 0 saturated carbocycles. The highest BCUT2D eigenvalue weighted by Crippen LogP contribution is 2.31. The van der Waals surface area contributed by atoms with E-state index in [0.29, 0.717) is 35.8 Å². The maximum absolute atomic E-state index is 12.9. The Morgan fingerprint density at radius 3 is 2.63 bits per heavy atom. The molecule has 0 bridgehead atoms. The van der Waals surface area contributed by atoms with Crippen molar-refractivity contribution in [2.45, 2.75) is 23.8 Å². The van der Waals surface area contributed by atoms with Gasteiger partial charge < -0.3 is 20.7 Å². The van der Waals surface area contributed by atoms with Crippen molar-refractivity contribution in [3.63, 3.8) is 0 Å². The number of carbonyl (C=O) groups excluding carboxylic acids is 2. The summed E-state index contributed by atoms with van der Waals surface area (Å²) in [6, 6.07) is 12.6. The van der Waals surface area contributed by atoms with Crippen molar-refractivity contribution in [2.75, 3.05) is 18.5 Å². The standard InChI is InChI=1S/C20H20N4O5S/c21-18(25)12-29-14-9-7-13(8-10-14)22-20(26)16-5-3-11-24(16)19-15-4-1-2-6-17(15)30(27,28)23-19/h1-2,4,6-10,16H,3,5,11-12H2,(H2,21,25)(H,22,26)/t16-/m0/s1. The Kier molecular flexibility index (Phi) is 5.17. The minimum Gasteiger partial charge on any atom is -0.484 e. The van der Waals surface area contributed by atoms with E-state index in [4.69, 9.17) is 10.5 Å². The molecule has 30 heavy (non-hydrogen) atoms. The van der Waals surface area contributed by atoms with E-state index in [0.717, 1.165) is 6.42 Å². The lowest BCUT2D eigenvalue weighted by atomic mass is 10.1. The molecule has 0 aliphatic carbocycles. The summed E-state index contributed by atoms with van der Waals surface area (Å²) in [5.74, 6) is -0.0511. The van der Waals surface area contributed by atoms with E-state index < -0.39 is 22.0 Å². The molecule has 2 aromatic rings. The Bertz CT molecular complexity index is 1130. The van der Waals surface area contributed by atoms with E-state index in [1.54, 1.807) is 47.4 Å². The lowest BCUT2D eigenvalue weighted by molar-refractivity contribution is -0.120. The summed E-state index contributed by atoms with van der Waals surface area (Å²) >= 11 is 0. The Hall–Kier alpha value is -3.40. The molecule has 10 heteroatoms. The molecule has 2 aromatic carbocycles. The van der Waals surface area contributed by atoms with E-state index in [-0.39, 0.29) is 17.4 Å². The number of ether oxygens (including phenoxy) is 1. The van der Waals surface area contributed by atoms with E-state index in [1.165, 1.54) is 6.07 Å². The van der Waals surface area contributed by atoms with Gasteiger partial charge in [-0.3, -0.25) is 9.59 Å². The van der Waals surface area contributed by atoms with Gasteiger partial charge in [0.25, 0.3) is 15.9 Å². The molecule has 2 aliphatic rings. The number of primary amides is 1. The lowest BCUT2D eigenvalue weighted by Crippen LogP contribution is -2.43. The van der Waals surface area contributed by atoms with Gasteiger partial charge in [0, 0.05) is 17.8 Å². The summed E-state index contributed by atoms with van der Waals surface area (Å²) in [4.78, 5) is 25.6. The quantitative estimate of drug-likeness (QED) is 0.733. The third-order valence-electron chi connectivity index (χ3n) is 4.94. The van der Waals surface area contributed by atoms with Gasteiger partial charge >= 0.3 is 0 Å². The van der Waals surface area contributed by atoms with Gasteiger partial charge in [0.2, 0.25) is 5.91 Å². The first-order valence-electron chi connectivity index (χ1n) is 9.38. The third kappa shape index (κ3) is 3.86. The maximum atomic E-state index is 12.9. The largest absolute Gasteiger partial charge is 0.484 e. The fraction of sp³-hybridized carbons (Fsp3) is 0.250. The molecule has 9 nitrogen and oxygen atoms in total. The maximum Gasteiger partial charge on any atom is 0.285 e. The van der Waals surface area contributed by atoms with Crippen LogP contribution < -0.4 is 15.8 Å². The summed E-state index contributed by atoms with van der Waals surface area (Å²) < 4.78 is 33.9. The monoisotopic (exact) mass is 428 g/mol. The van der Waals surface area contributed by atoms with Gasteiger partial charge in [-0.25, -0.2) is 0 Å². The van der Waals surface area contributed by atoms with Crippen molar-refractivity contribution in [1.29, 1.82) is 0 Å². The highest BCUT2D eigenvalue weighted by atomic mass is 32.2. The summed E-state index contributed by atoms with van der Waals surface area (Å²) in [7, 11) is -3.75. The van der Waals surface area contributed by atoms with Crippen LogP contribution >= 0.6 is 0 Å². The smallest absolute Gasteiger partial charge is 0.285 e. The van der Waals surface area contributed by atoms with Crippen molar-refractivity contribution < 1.29 is 22.7 Å². The number of hydrogen-bond acceptors (Lipinski definition) is 6. The molecule has 3 N–H and O–H groups in total. The Morgan fingerprint density at radius 1 is 1.17 bits per heavy atom. The first-order valence-corrected chi connectivity index (χ1v) is 10.8. The number of rotatable bonds is 5. The number of likely N-dealkylation sites (tertiary alicyclic amines) is 1. The van der Waals surface area contributed by atoms with E-state index in [2.05, 4.69) is 9.71 Å². The molecule has 0 spiro atoms. The summed E-state index contributed by atoms with van der Waals surface area (Å²) in [6.45, 7) is 0.315. The number of carbonyl (C=O) groups is 2. The second kappa shape index (κ2) is 7.79. The Balaban J connectivity index is 1.49.